The smallest absolute Gasteiger partial charge is 0.276 e. The number of nitrogens with one attached hydrogen (secondary N) is 1. The Kier molecular flexibility index (Phi) is 4.20. The molecular weight excluding hydrogens is 332 g/mol. The van der Waals surface area contributed by atoms with Crippen LogP contribution in [-0.2, 0) is 11.2 Å². The van der Waals surface area contributed by atoms with E-state index in [2.05, 4.69) is 9.97 Å². The summed E-state index contributed by atoms with van der Waals surface area (Å²) in [5, 5.41) is 1.08. The van der Waals surface area contributed by atoms with Crippen LogP contribution in [0.2, 0.25) is 0 Å². The Hall–Kier alpha value is -3.09. The van der Waals surface area contributed by atoms with Crippen LogP contribution in [0.5, 0.6) is 0 Å². The number of carbonyl (C=O) groups excluding carboxylic acids is 2. The van der Waals surface area contributed by atoms with Crippen molar-refractivity contribution < 1.29 is 14.0 Å². The molecule has 7 nitrogen and oxygen atoms in total. The zero-order chi connectivity index (χ0) is 18.1. The van der Waals surface area contributed by atoms with Crippen LogP contribution in [-0.4, -0.2) is 57.8 Å². The summed E-state index contributed by atoms with van der Waals surface area (Å²) >= 11 is 0. The van der Waals surface area contributed by atoms with Crippen molar-refractivity contribution in [3.8, 4) is 0 Å². The second-order valence-electron chi connectivity index (χ2n) is 6.47. The van der Waals surface area contributed by atoms with Gasteiger partial charge in [0.05, 0.1) is 6.42 Å². The Morgan fingerprint density at radius 3 is 2.62 bits per heavy atom. The number of rotatable bonds is 3. The van der Waals surface area contributed by atoms with Crippen molar-refractivity contribution in [2.24, 2.45) is 0 Å². The monoisotopic (exact) mass is 352 g/mol. The summed E-state index contributed by atoms with van der Waals surface area (Å²) in [5.74, 6) is 0.465. The first-order valence-corrected chi connectivity index (χ1v) is 8.65. The van der Waals surface area contributed by atoms with Gasteiger partial charge in [-0.1, -0.05) is 18.2 Å². The van der Waals surface area contributed by atoms with Gasteiger partial charge >= 0.3 is 0 Å². The number of H-pyrrole nitrogens is 1. The molecule has 1 aromatic carbocycles. The number of para-hydroxylation sites is 1. The van der Waals surface area contributed by atoms with E-state index in [9.17, 15) is 9.59 Å². The van der Waals surface area contributed by atoms with Gasteiger partial charge in [-0.2, -0.15) is 0 Å². The van der Waals surface area contributed by atoms with Gasteiger partial charge in [0, 0.05) is 43.3 Å². The highest BCUT2D eigenvalue weighted by molar-refractivity contribution is 5.93. The molecule has 26 heavy (non-hydrogen) atoms. The maximum absolute atomic E-state index is 12.6. The highest BCUT2D eigenvalue weighted by Crippen LogP contribution is 2.19. The van der Waals surface area contributed by atoms with Gasteiger partial charge in [-0.3, -0.25) is 9.59 Å². The topological polar surface area (TPSA) is 82.4 Å². The number of aromatic amines is 1. The molecule has 1 N–H and O–H groups in total. The molecule has 0 bridgehead atoms. The van der Waals surface area contributed by atoms with Crippen LogP contribution in [0.15, 0.2) is 41.3 Å². The van der Waals surface area contributed by atoms with Crippen molar-refractivity contribution in [3.05, 3.63) is 53.9 Å². The van der Waals surface area contributed by atoms with Crippen molar-refractivity contribution in [1.82, 2.24) is 19.8 Å². The van der Waals surface area contributed by atoms with E-state index in [-0.39, 0.29) is 11.8 Å². The summed E-state index contributed by atoms with van der Waals surface area (Å²) < 4.78 is 5.10. The SMILES string of the molecule is Cc1ocnc1C(=O)N1CCN(C(=O)Cc2c[nH]c3ccccc23)CC1. The summed E-state index contributed by atoms with van der Waals surface area (Å²) in [7, 11) is 0. The number of hydrogen-bond acceptors (Lipinski definition) is 4. The summed E-state index contributed by atoms with van der Waals surface area (Å²) in [5.41, 5.74) is 2.39. The standard InChI is InChI=1S/C19H20N4O3/c1-13-18(21-12-26-13)19(25)23-8-6-22(7-9-23)17(24)10-14-11-20-16-5-3-2-4-15(14)16/h2-5,11-12,20H,6-10H2,1H3. The van der Waals surface area contributed by atoms with E-state index in [1.54, 1.807) is 11.8 Å². The molecule has 3 aromatic rings. The number of amides is 2. The number of nitrogens with zero attached hydrogens (tertiary/aromatic N) is 3. The minimum Gasteiger partial charge on any atom is -0.448 e. The van der Waals surface area contributed by atoms with E-state index in [0.717, 1.165) is 16.5 Å². The summed E-state index contributed by atoms with van der Waals surface area (Å²) in [6.45, 7) is 3.80. The summed E-state index contributed by atoms with van der Waals surface area (Å²) in [6, 6.07) is 7.96. The minimum absolute atomic E-state index is 0.0828. The number of hydrogen-bond donors (Lipinski definition) is 1. The molecule has 0 unspecified atom stereocenters. The molecule has 1 aliphatic heterocycles. The van der Waals surface area contributed by atoms with Gasteiger partial charge < -0.3 is 19.2 Å². The third-order valence-corrected chi connectivity index (χ3v) is 4.88. The average Bonchev–Trinajstić information content (AvgIpc) is 3.28. The summed E-state index contributed by atoms with van der Waals surface area (Å²) in [6.07, 6.45) is 3.54. The van der Waals surface area contributed by atoms with Crippen LogP contribution >= 0.6 is 0 Å². The second kappa shape index (κ2) is 6.67. The molecule has 4 rings (SSSR count). The average molecular weight is 352 g/mol. The number of benzene rings is 1. The van der Waals surface area contributed by atoms with E-state index in [4.69, 9.17) is 4.42 Å². The number of fused-ring (bicyclic) bond motifs is 1. The highest BCUT2D eigenvalue weighted by atomic mass is 16.3. The number of oxazole rings is 1. The van der Waals surface area contributed by atoms with E-state index in [0.29, 0.717) is 44.1 Å². The Balaban J connectivity index is 1.38. The number of aromatic nitrogens is 2. The fraction of sp³-hybridized carbons (Fsp3) is 0.316. The number of aryl methyl sites for hydroxylation is 1. The largest absolute Gasteiger partial charge is 0.448 e. The van der Waals surface area contributed by atoms with Crippen molar-refractivity contribution in [3.63, 3.8) is 0 Å². The van der Waals surface area contributed by atoms with Gasteiger partial charge in [0.25, 0.3) is 5.91 Å². The molecule has 3 heterocycles. The van der Waals surface area contributed by atoms with E-state index in [1.165, 1.54) is 6.39 Å². The molecule has 1 fully saturated rings. The normalized spacial score (nSPS) is 14.8. The van der Waals surface area contributed by atoms with Gasteiger partial charge in [0.1, 0.15) is 5.76 Å². The molecule has 7 heteroatoms. The molecule has 0 atom stereocenters. The molecule has 0 spiro atoms. The molecule has 1 saturated heterocycles. The number of piperazine rings is 1. The molecule has 2 amide bonds. The van der Waals surface area contributed by atoms with E-state index < -0.39 is 0 Å². The molecular formula is C19H20N4O3. The first-order chi connectivity index (χ1) is 12.6. The first kappa shape index (κ1) is 16.4. The van der Waals surface area contributed by atoms with Crippen LogP contribution in [0, 0.1) is 6.92 Å². The lowest BCUT2D eigenvalue weighted by Gasteiger charge is -2.34. The Morgan fingerprint density at radius 2 is 1.88 bits per heavy atom. The van der Waals surface area contributed by atoms with Gasteiger partial charge in [0.15, 0.2) is 12.1 Å². The van der Waals surface area contributed by atoms with Gasteiger partial charge in [-0.15, -0.1) is 0 Å². The van der Waals surface area contributed by atoms with Gasteiger partial charge in [0.2, 0.25) is 5.91 Å². The molecule has 1 aliphatic rings. The Labute approximate surface area is 150 Å². The Bertz CT molecular complexity index is 951. The van der Waals surface area contributed by atoms with Crippen molar-refractivity contribution in [2.45, 2.75) is 13.3 Å². The highest BCUT2D eigenvalue weighted by Gasteiger charge is 2.27. The lowest BCUT2D eigenvalue weighted by Crippen LogP contribution is -2.51. The maximum Gasteiger partial charge on any atom is 0.276 e. The Morgan fingerprint density at radius 1 is 1.15 bits per heavy atom. The third kappa shape index (κ3) is 2.96. The van der Waals surface area contributed by atoms with Crippen LogP contribution in [0.3, 0.4) is 0 Å². The molecule has 0 saturated carbocycles. The predicted molar refractivity (Wildman–Crippen MR) is 95.7 cm³/mol. The first-order valence-electron chi connectivity index (χ1n) is 8.65. The fourth-order valence-electron chi connectivity index (χ4n) is 3.37. The van der Waals surface area contributed by atoms with Crippen molar-refractivity contribution in [2.75, 3.05) is 26.2 Å². The second-order valence-corrected chi connectivity index (χ2v) is 6.47. The molecule has 0 aliphatic carbocycles. The molecule has 2 aromatic heterocycles. The van der Waals surface area contributed by atoms with Gasteiger partial charge in [-0.25, -0.2) is 4.98 Å². The fourth-order valence-corrected chi connectivity index (χ4v) is 3.37. The van der Waals surface area contributed by atoms with Crippen molar-refractivity contribution in [1.29, 1.82) is 0 Å². The third-order valence-electron chi connectivity index (χ3n) is 4.88. The van der Waals surface area contributed by atoms with Crippen LogP contribution in [0.1, 0.15) is 21.8 Å². The molecule has 0 radical (unpaired) electrons. The molecule has 134 valence electrons. The zero-order valence-corrected chi connectivity index (χ0v) is 14.6. The van der Waals surface area contributed by atoms with Crippen molar-refractivity contribution >= 4 is 22.7 Å². The number of carbonyl (C=O) groups is 2. The van der Waals surface area contributed by atoms with Gasteiger partial charge in [-0.05, 0) is 18.6 Å². The van der Waals surface area contributed by atoms with E-state index in [1.807, 2.05) is 35.4 Å². The van der Waals surface area contributed by atoms with E-state index >= 15 is 0 Å². The van der Waals surface area contributed by atoms with Crippen LogP contribution in [0.4, 0.5) is 0 Å². The van der Waals surface area contributed by atoms with Crippen LogP contribution < -0.4 is 0 Å². The zero-order valence-electron chi connectivity index (χ0n) is 14.6. The minimum atomic E-state index is -0.139. The van der Waals surface area contributed by atoms with Crippen LogP contribution in [0.25, 0.3) is 10.9 Å². The maximum atomic E-state index is 12.6. The predicted octanol–water partition coefficient (Wildman–Crippen LogP) is 1.99. The summed E-state index contributed by atoms with van der Waals surface area (Å²) in [4.78, 5) is 35.8. The lowest BCUT2D eigenvalue weighted by atomic mass is 10.1. The quantitative estimate of drug-likeness (QED) is 0.781. The lowest BCUT2D eigenvalue weighted by molar-refractivity contribution is -0.131.